The van der Waals surface area contributed by atoms with Crippen LogP contribution in [-0.4, -0.2) is 78.3 Å². The maximum absolute atomic E-state index is 13.9. The van der Waals surface area contributed by atoms with E-state index in [0.29, 0.717) is 16.9 Å². The summed E-state index contributed by atoms with van der Waals surface area (Å²) in [5, 5.41) is 14.4. The third-order valence-electron chi connectivity index (χ3n) is 8.25. The van der Waals surface area contributed by atoms with Gasteiger partial charge in [0.15, 0.2) is 11.2 Å². The lowest BCUT2D eigenvalue weighted by Gasteiger charge is -2.50. The first kappa shape index (κ1) is 29.0. The molecule has 3 heterocycles. The number of carbonyl (C=O) groups is 2. The van der Waals surface area contributed by atoms with E-state index in [1.165, 1.54) is 11.0 Å². The quantitative estimate of drug-likeness (QED) is 0.454. The van der Waals surface area contributed by atoms with E-state index in [1.807, 2.05) is 19.9 Å². The number of aryl methyl sites for hydroxylation is 1. The van der Waals surface area contributed by atoms with E-state index in [0.717, 1.165) is 11.1 Å². The van der Waals surface area contributed by atoms with Crippen molar-refractivity contribution in [2.75, 3.05) is 19.6 Å². The normalized spacial score (nSPS) is 22.8. The minimum absolute atomic E-state index is 0.0543. The molecule has 0 unspecified atom stereocenters. The van der Waals surface area contributed by atoms with Crippen molar-refractivity contribution in [3.8, 4) is 11.3 Å². The molecule has 2 amide bonds. The lowest BCUT2D eigenvalue weighted by molar-refractivity contribution is -0.297. The van der Waals surface area contributed by atoms with Gasteiger partial charge in [-0.1, -0.05) is 13.8 Å². The smallest absolute Gasteiger partial charge is 0.380 e. The molecular formula is C29H33F4N5O3. The Kier molecular flexibility index (Phi) is 6.91. The molecule has 0 spiro atoms. The number of nitrogens with zero attached hydrogens (tertiary/aromatic N) is 5. The standard InChI is InChI=1S/C29H33F4N5O3/c1-16(2)20-11-22(18-6-7-21(30)17(3)10-18)35-38-14-23(34-24(20)38)26(40)37-9-8-36(15-27(37,4)5)25(39)19-12-28(41,13-19)29(31,32)33/h6-7,10-11,14,16,19,41H,8-9,12-13,15H2,1-5H3/t19-,28-. The molecule has 0 radical (unpaired) electrons. The number of hydrogen-bond acceptors (Lipinski definition) is 5. The zero-order chi connectivity index (χ0) is 30.1. The van der Waals surface area contributed by atoms with Gasteiger partial charge in [-0.05, 0) is 69.4 Å². The number of piperazine rings is 1. The van der Waals surface area contributed by atoms with Crippen molar-refractivity contribution in [1.29, 1.82) is 0 Å². The van der Waals surface area contributed by atoms with E-state index < -0.39 is 42.0 Å². The number of rotatable bonds is 4. The molecule has 8 nitrogen and oxygen atoms in total. The van der Waals surface area contributed by atoms with Crippen molar-refractivity contribution in [2.45, 2.75) is 70.7 Å². The van der Waals surface area contributed by atoms with E-state index in [2.05, 4.69) is 10.1 Å². The van der Waals surface area contributed by atoms with E-state index in [4.69, 9.17) is 0 Å². The van der Waals surface area contributed by atoms with Gasteiger partial charge in [-0.15, -0.1) is 0 Å². The molecule has 2 aromatic heterocycles. The number of imidazole rings is 1. The van der Waals surface area contributed by atoms with Crippen molar-refractivity contribution in [2.24, 2.45) is 5.92 Å². The first-order valence-corrected chi connectivity index (χ1v) is 13.6. The Hall–Kier alpha value is -3.54. The number of carbonyl (C=O) groups excluding carboxylic acids is 2. The number of aliphatic hydroxyl groups is 1. The van der Waals surface area contributed by atoms with Gasteiger partial charge in [-0.25, -0.2) is 13.9 Å². The number of benzene rings is 1. The van der Waals surface area contributed by atoms with Crippen LogP contribution in [0.3, 0.4) is 0 Å². The summed E-state index contributed by atoms with van der Waals surface area (Å²) in [5.74, 6) is -1.96. The average molecular weight is 576 g/mol. The first-order chi connectivity index (χ1) is 19.0. The molecule has 0 bridgehead atoms. The molecule has 1 N–H and O–H groups in total. The second kappa shape index (κ2) is 9.78. The third kappa shape index (κ3) is 5.06. The molecule has 0 atom stereocenters. The van der Waals surface area contributed by atoms with Crippen LogP contribution in [0.25, 0.3) is 16.9 Å². The zero-order valence-corrected chi connectivity index (χ0v) is 23.6. The predicted molar refractivity (Wildman–Crippen MR) is 143 cm³/mol. The van der Waals surface area contributed by atoms with Crippen molar-refractivity contribution in [1.82, 2.24) is 24.4 Å². The molecule has 3 aromatic rings. The third-order valence-corrected chi connectivity index (χ3v) is 8.25. The molecule has 1 aliphatic carbocycles. The fourth-order valence-corrected chi connectivity index (χ4v) is 5.75. The molecule has 1 saturated heterocycles. The van der Waals surface area contributed by atoms with Crippen LogP contribution in [0.15, 0.2) is 30.5 Å². The number of amides is 2. The molecule has 1 saturated carbocycles. The lowest BCUT2D eigenvalue weighted by atomic mass is 9.69. The number of halogens is 4. The van der Waals surface area contributed by atoms with E-state index in [1.54, 1.807) is 48.5 Å². The van der Waals surface area contributed by atoms with Crippen LogP contribution in [0.4, 0.5) is 17.6 Å². The van der Waals surface area contributed by atoms with Crippen LogP contribution in [0.2, 0.25) is 0 Å². The summed E-state index contributed by atoms with van der Waals surface area (Å²) in [6, 6.07) is 6.65. The maximum Gasteiger partial charge on any atom is 0.417 e. The molecule has 220 valence electrons. The van der Waals surface area contributed by atoms with Crippen molar-refractivity contribution in [3.05, 3.63) is 53.1 Å². The fraction of sp³-hybridized carbons (Fsp3) is 0.517. The summed E-state index contributed by atoms with van der Waals surface area (Å²) in [6.07, 6.45) is -4.52. The minimum atomic E-state index is -4.77. The highest BCUT2D eigenvalue weighted by Gasteiger charge is 2.63. The van der Waals surface area contributed by atoms with Crippen LogP contribution < -0.4 is 0 Å². The van der Waals surface area contributed by atoms with Gasteiger partial charge in [0.2, 0.25) is 5.91 Å². The second-order valence-electron chi connectivity index (χ2n) is 12.2. The summed E-state index contributed by atoms with van der Waals surface area (Å²) in [7, 11) is 0. The highest BCUT2D eigenvalue weighted by Crippen LogP contribution is 2.49. The number of fused-ring (bicyclic) bond motifs is 1. The van der Waals surface area contributed by atoms with Gasteiger partial charge >= 0.3 is 6.18 Å². The van der Waals surface area contributed by atoms with Crippen LogP contribution in [0, 0.1) is 18.7 Å². The Morgan fingerprint density at radius 1 is 1.12 bits per heavy atom. The molecule has 5 rings (SSSR count). The van der Waals surface area contributed by atoms with Gasteiger partial charge in [0.05, 0.1) is 17.4 Å². The average Bonchev–Trinajstić information content (AvgIpc) is 3.30. The van der Waals surface area contributed by atoms with Crippen molar-refractivity contribution >= 4 is 17.5 Å². The van der Waals surface area contributed by atoms with Crippen LogP contribution in [0.1, 0.15) is 68.1 Å². The lowest BCUT2D eigenvalue weighted by Crippen LogP contribution is -2.65. The highest BCUT2D eigenvalue weighted by molar-refractivity contribution is 5.94. The summed E-state index contributed by atoms with van der Waals surface area (Å²) >= 11 is 0. The van der Waals surface area contributed by atoms with Crippen LogP contribution in [-0.2, 0) is 4.79 Å². The number of alkyl halides is 3. The minimum Gasteiger partial charge on any atom is -0.380 e. The van der Waals surface area contributed by atoms with Crippen LogP contribution in [0.5, 0.6) is 0 Å². The molecular weight excluding hydrogens is 542 g/mol. The van der Waals surface area contributed by atoms with Crippen LogP contribution >= 0.6 is 0 Å². The van der Waals surface area contributed by atoms with E-state index in [-0.39, 0.29) is 43.0 Å². The Balaban J connectivity index is 1.37. The highest BCUT2D eigenvalue weighted by atomic mass is 19.4. The van der Waals surface area contributed by atoms with E-state index in [9.17, 15) is 32.3 Å². The van der Waals surface area contributed by atoms with Crippen molar-refractivity contribution < 1.29 is 32.3 Å². The second-order valence-corrected chi connectivity index (χ2v) is 12.2. The summed E-state index contributed by atoms with van der Waals surface area (Å²) in [4.78, 5) is 34.3. The number of aromatic nitrogens is 3. The van der Waals surface area contributed by atoms with Crippen molar-refractivity contribution in [3.63, 3.8) is 0 Å². The van der Waals surface area contributed by atoms with Gasteiger partial charge in [0.1, 0.15) is 11.5 Å². The Bertz CT molecular complexity index is 1520. The molecule has 12 heteroatoms. The maximum atomic E-state index is 13.9. The summed E-state index contributed by atoms with van der Waals surface area (Å²) in [5.41, 5.74) is -0.236. The van der Waals surface area contributed by atoms with Gasteiger partial charge < -0.3 is 14.9 Å². The largest absolute Gasteiger partial charge is 0.417 e. The summed E-state index contributed by atoms with van der Waals surface area (Å²) < 4.78 is 54.5. The SMILES string of the molecule is Cc1cc(-c2cc(C(C)C)c3nc(C(=O)N4CCN(C(=O)[C@H]5C[C@@](O)(C(F)(F)F)C5)CC4(C)C)cn3n2)ccc1F. The zero-order valence-electron chi connectivity index (χ0n) is 23.6. The molecule has 1 aliphatic heterocycles. The molecule has 2 fully saturated rings. The first-order valence-electron chi connectivity index (χ1n) is 13.6. The number of hydrogen-bond donors (Lipinski definition) is 1. The predicted octanol–water partition coefficient (Wildman–Crippen LogP) is 4.73. The topological polar surface area (TPSA) is 91.0 Å². The van der Waals surface area contributed by atoms with Gasteiger partial charge in [0.25, 0.3) is 5.91 Å². The fourth-order valence-electron chi connectivity index (χ4n) is 5.75. The Labute approximate surface area is 235 Å². The monoisotopic (exact) mass is 575 g/mol. The van der Waals surface area contributed by atoms with Gasteiger partial charge in [-0.2, -0.15) is 18.3 Å². The summed E-state index contributed by atoms with van der Waals surface area (Å²) in [6.45, 7) is 9.73. The van der Waals surface area contributed by atoms with E-state index >= 15 is 0 Å². The molecule has 41 heavy (non-hydrogen) atoms. The van der Waals surface area contributed by atoms with Gasteiger partial charge in [0, 0.05) is 36.7 Å². The molecule has 2 aliphatic rings. The van der Waals surface area contributed by atoms with Gasteiger partial charge in [-0.3, -0.25) is 9.59 Å². The Morgan fingerprint density at radius 3 is 2.39 bits per heavy atom. The Morgan fingerprint density at radius 2 is 1.80 bits per heavy atom. The molecule has 1 aromatic carbocycles.